The SMILES string of the molecule is CC[C@H](C)[C@@H]1NC(=O)CNC(=O)C2Cc3c(n(CCCCNC(=O)OC(C)(C)C)c4cc(OC)ccc34)[S@+]([O-])CC(NC(=O)CNC1=O)C(=O)N[C@@H](CC(N)=O)C(=O)N1C[C@H](O)C[C@]1(C=O)N[C@@H]([C@@H](C)[C@@H](O)CO)C(=O)N2. The number of nitrogens with zero attached hydrogens (tertiary/aromatic N) is 2. The minimum Gasteiger partial charge on any atom is -0.610 e. The van der Waals surface area contributed by atoms with Crippen LogP contribution in [0.4, 0.5) is 4.79 Å². The van der Waals surface area contributed by atoms with Crippen LogP contribution in [0.25, 0.3) is 10.9 Å². The lowest BCUT2D eigenvalue weighted by Crippen LogP contribution is -2.69. The minimum absolute atomic E-state index is 0.0432. The lowest BCUT2D eigenvalue weighted by molar-refractivity contribution is -0.147. The van der Waals surface area contributed by atoms with Crippen LogP contribution in [0, 0.1) is 11.8 Å². The Labute approximate surface area is 447 Å². The Kier molecular flexibility index (Phi) is 21.2. The number of nitrogens with one attached hydrogen (secondary N) is 8. The van der Waals surface area contributed by atoms with Crippen molar-refractivity contribution in [3.63, 3.8) is 0 Å². The number of aldehydes is 1. The van der Waals surface area contributed by atoms with Gasteiger partial charge in [0.25, 0.3) is 0 Å². The summed E-state index contributed by atoms with van der Waals surface area (Å²) in [5, 5.41) is 53.1. The monoisotopic (exact) mass is 1100 g/mol. The highest BCUT2D eigenvalue weighted by Gasteiger charge is 2.53. The van der Waals surface area contributed by atoms with E-state index in [1.54, 1.807) is 57.4 Å². The molecule has 0 aliphatic carbocycles. The van der Waals surface area contributed by atoms with Crippen molar-refractivity contribution in [3.8, 4) is 5.75 Å². The Bertz CT molecular complexity index is 2540. The summed E-state index contributed by atoms with van der Waals surface area (Å²) in [6.45, 7) is 6.86. The maximum Gasteiger partial charge on any atom is 0.407 e. The molecule has 0 spiro atoms. The molecule has 13 N–H and O–H groups in total. The molecule has 77 heavy (non-hydrogen) atoms. The zero-order valence-electron chi connectivity index (χ0n) is 44.2. The van der Waals surface area contributed by atoms with Crippen molar-refractivity contribution in [1.82, 2.24) is 52.0 Å². The fraction of sp³-hybridized carbons (Fsp3) is 0.633. The van der Waals surface area contributed by atoms with E-state index in [-0.39, 0.29) is 36.4 Å². The Morgan fingerprint density at radius 3 is 2.26 bits per heavy atom. The first kappa shape index (κ1) is 61.3. The van der Waals surface area contributed by atoms with E-state index in [1.165, 1.54) is 14.0 Å². The van der Waals surface area contributed by atoms with Gasteiger partial charge in [0, 0.05) is 66.6 Å². The molecule has 2 aromatic rings. The number of rotatable bonds is 14. The van der Waals surface area contributed by atoms with Gasteiger partial charge in [-0.05, 0) is 51.7 Å². The molecule has 9 amide bonds. The third-order valence-electron chi connectivity index (χ3n) is 13.6. The highest BCUT2D eigenvalue weighted by Crippen LogP contribution is 2.35. The van der Waals surface area contributed by atoms with Crippen LogP contribution >= 0.6 is 0 Å². The van der Waals surface area contributed by atoms with Gasteiger partial charge in [0.2, 0.25) is 52.3 Å². The summed E-state index contributed by atoms with van der Waals surface area (Å²) in [7, 11) is 1.41. The van der Waals surface area contributed by atoms with Crippen molar-refractivity contribution in [2.24, 2.45) is 17.6 Å². The van der Waals surface area contributed by atoms with Gasteiger partial charge in [0.05, 0.1) is 57.0 Å². The van der Waals surface area contributed by atoms with Gasteiger partial charge in [-0.3, -0.25) is 48.5 Å². The molecule has 27 nitrogen and oxygen atoms in total. The van der Waals surface area contributed by atoms with Crippen LogP contribution in [0.2, 0.25) is 0 Å². The van der Waals surface area contributed by atoms with Crippen LogP contribution < -0.4 is 53.0 Å². The Morgan fingerprint density at radius 2 is 1.64 bits per heavy atom. The summed E-state index contributed by atoms with van der Waals surface area (Å²) in [6.07, 6.45) is -4.78. The second-order valence-corrected chi connectivity index (χ2v) is 21.9. The van der Waals surface area contributed by atoms with Gasteiger partial charge in [0.15, 0.2) is 18.0 Å². The standard InChI is InChI=1S/C49H73N11O16S/c1-8-25(2)39-43(70)53-19-37(66)54-33-23-77(74)46-30(29-12-11-28(75-7)15-34(29)59(46)14-10-9-13-51-47(73)76-48(4,5)6)16-31(41(68)52-20-38(67)57-39)55-44(71)40(26(3)35(64)22-61)58-49(24-62)18-27(63)21-60(49)45(72)32(17-36(50)65)56-42(33)69/h11-12,15,24-27,31-33,35,39-40,58,61,63-64H,8-10,13-14,16-23H2,1-7H3,(H2,50,65)(H,51,73)(H,52,68)(H,53,70)(H,54,66)(H,55,71)(H,56,69)(H,57,67)/t25-,26-,27+,31?,32-,33?,35-,39-,40-,49-,77+/m0/s1. The second-order valence-electron chi connectivity index (χ2n) is 20.5. The summed E-state index contributed by atoms with van der Waals surface area (Å²) in [6, 6.07) is -3.89. The number of unbranched alkanes of at least 4 members (excludes halogenated alkanes) is 1. The fourth-order valence-corrected chi connectivity index (χ4v) is 10.9. The van der Waals surface area contributed by atoms with Crippen LogP contribution in [0.3, 0.4) is 0 Å². The van der Waals surface area contributed by atoms with Crippen molar-refractivity contribution in [1.29, 1.82) is 0 Å². The number of aryl methyl sites for hydroxylation is 1. The normalized spacial score (nSPS) is 26.6. The number of amides is 9. The molecular formula is C49H73N11O16S. The molecule has 1 aromatic heterocycles. The predicted molar refractivity (Wildman–Crippen MR) is 274 cm³/mol. The van der Waals surface area contributed by atoms with Crippen molar-refractivity contribution < 1.29 is 77.3 Å². The van der Waals surface area contributed by atoms with E-state index in [9.17, 15) is 58.5 Å². The number of nitrogens with two attached hydrogens (primary N) is 1. The quantitative estimate of drug-likeness (QED) is 0.0490. The molecule has 426 valence electrons. The fourth-order valence-electron chi connectivity index (χ4n) is 9.34. The molecule has 2 bridgehead atoms. The number of fused-ring (bicyclic) bond motifs is 5. The zero-order chi connectivity index (χ0) is 57.1. The van der Waals surface area contributed by atoms with Gasteiger partial charge in [-0.2, -0.15) is 0 Å². The number of aliphatic hydroxyl groups is 3. The summed E-state index contributed by atoms with van der Waals surface area (Å²) in [4.78, 5) is 140. The zero-order valence-corrected chi connectivity index (χ0v) is 45.0. The molecule has 3 aliphatic rings. The van der Waals surface area contributed by atoms with E-state index >= 15 is 9.35 Å². The highest BCUT2D eigenvalue weighted by molar-refractivity contribution is 7.91. The van der Waals surface area contributed by atoms with Crippen LogP contribution in [0.1, 0.15) is 79.2 Å². The van der Waals surface area contributed by atoms with Gasteiger partial charge in [0.1, 0.15) is 35.2 Å². The van der Waals surface area contributed by atoms with Crippen LogP contribution in [0.5, 0.6) is 5.75 Å². The molecule has 0 saturated carbocycles. The number of carbonyl (C=O) groups excluding carboxylic acids is 10. The average Bonchev–Trinajstić information content (AvgIpc) is 3.91. The summed E-state index contributed by atoms with van der Waals surface area (Å²) >= 11 is -2.45. The lowest BCUT2D eigenvalue weighted by Gasteiger charge is -2.40. The summed E-state index contributed by atoms with van der Waals surface area (Å²) in [5.74, 6) is -10.8. The number of hydrogen-bond donors (Lipinski definition) is 12. The van der Waals surface area contributed by atoms with Crippen LogP contribution in [-0.4, -0.2) is 188 Å². The molecule has 2 unspecified atom stereocenters. The summed E-state index contributed by atoms with van der Waals surface area (Å²) < 4.78 is 28.1. The molecule has 1 saturated heterocycles. The number of aliphatic hydroxyl groups excluding tert-OH is 3. The predicted octanol–water partition coefficient (Wildman–Crippen LogP) is -3.84. The van der Waals surface area contributed by atoms with Gasteiger partial charge >= 0.3 is 6.09 Å². The maximum absolute atomic E-state index is 15.5. The molecule has 11 atom stereocenters. The first-order valence-corrected chi connectivity index (χ1v) is 26.7. The Morgan fingerprint density at radius 1 is 0.961 bits per heavy atom. The molecule has 28 heteroatoms. The summed E-state index contributed by atoms with van der Waals surface area (Å²) in [5.41, 5.74) is 2.99. The highest BCUT2D eigenvalue weighted by atomic mass is 32.2. The number of methoxy groups -OCH3 is 1. The number of aromatic nitrogens is 1. The van der Waals surface area contributed by atoms with E-state index in [4.69, 9.17) is 15.2 Å². The topological polar surface area (TPSA) is 403 Å². The molecule has 4 heterocycles. The van der Waals surface area contributed by atoms with E-state index < -0.39 is 181 Å². The van der Waals surface area contributed by atoms with Crippen molar-refractivity contribution in [3.05, 3.63) is 23.8 Å². The number of primary amides is 1. The smallest absolute Gasteiger partial charge is 0.407 e. The first-order chi connectivity index (χ1) is 36.3. The average molecular weight is 1100 g/mol. The van der Waals surface area contributed by atoms with E-state index in [0.717, 1.165) is 4.90 Å². The third kappa shape index (κ3) is 15.6. The van der Waals surface area contributed by atoms with E-state index in [1.807, 2.05) is 0 Å². The molecule has 5 rings (SSSR count). The number of carbonyl (C=O) groups is 10. The third-order valence-corrected chi connectivity index (χ3v) is 15.1. The molecule has 0 radical (unpaired) electrons. The molecule has 1 aromatic carbocycles. The number of alkyl carbamates (subject to hydrolysis) is 1. The number of ether oxygens (including phenoxy) is 2. The second kappa shape index (κ2) is 26.6. The Balaban J connectivity index is 1.81. The van der Waals surface area contributed by atoms with Gasteiger partial charge < -0.3 is 81.8 Å². The van der Waals surface area contributed by atoms with Gasteiger partial charge in [-0.25, -0.2) is 4.79 Å². The van der Waals surface area contributed by atoms with E-state index in [2.05, 4.69) is 42.5 Å². The van der Waals surface area contributed by atoms with Crippen molar-refractivity contribution >= 4 is 81.7 Å². The maximum atomic E-state index is 15.5. The largest absolute Gasteiger partial charge is 0.610 e. The van der Waals surface area contributed by atoms with Crippen LogP contribution in [-0.2, 0) is 72.0 Å². The van der Waals surface area contributed by atoms with Gasteiger partial charge in [-0.1, -0.05) is 27.2 Å². The number of hydrogen-bond acceptors (Lipinski definition) is 17. The first-order valence-electron chi connectivity index (χ1n) is 25.4. The molecular weight excluding hydrogens is 1030 g/mol. The minimum atomic E-state index is -2.45. The van der Waals surface area contributed by atoms with Gasteiger partial charge in [-0.15, -0.1) is 0 Å². The number of benzene rings is 1. The Hall–Kier alpha value is -6.59. The van der Waals surface area contributed by atoms with E-state index in [0.29, 0.717) is 29.5 Å². The van der Waals surface area contributed by atoms with Crippen molar-refractivity contribution in [2.75, 3.05) is 45.6 Å². The molecule has 1 fully saturated rings. The lowest BCUT2D eigenvalue weighted by atomic mass is 9.92. The molecule has 3 aliphatic heterocycles. The van der Waals surface area contributed by atoms with Crippen molar-refractivity contribution in [2.45, 2.75) is 145 Å². The van der Waals surface area contributed by atoms with Crippen LogP contribution in [0.15, 0.2) is 23.2 Å².